The minimum Gasteiger partial charge on any atom is -0.466 e. The number of nitrogens with one attached hydrogen (secondary N) is 2. The van der Waals surface area contributed by atoms with Gasteiger partial charge in [0.15, 0.2) is 28.4 Å². The number of carbonyl (C=O) groups excluding carboxylic acids is 1. The van der Waals surface area contributed by atoms with E-state index in [9.17, 15) is 4.79 Å². The van der Waals surface area contributed by atoms with E-state index >= 15 is 0 Å². The summed E-state index contributed by atoms with van der Waals surface area (Å²) in [6.07, 6.45) is 14.8. The van der Waals surface area contributed by atoms with Crippen molar-refractivity contribution >= 4 is 39.6 Å². The zero-order valence-electron chi connectivity index (χ0n) is 29.6. The molecule has 0 aliphatic heterocycles. The van der Waals surface area contributed by atoms with Crippen molar-refractivity contribution in [2.45, 2.75) is 90.6 Å². The van der Waals surface area contributed by atoms with Crippen molar-refractivity contribution < 1.29 is 19.2 Å². The summed E-state index contributed by atoms with van der Waals surface area (Å²) < 4.78 is 14.6. The average molecular weight is 709 g/mol. The van der Waals surface area contributed by atoms with Crippen LogP contribution in [-0.2, 0) is 22.6 Å². The number of hydrogen-bond donors (Lipinski definition) is 3. The van der Waals surface area contributed by atoms with Crippen LogP contribution in [0.25, 0.3) is 33.6 Å². The quantitative estimate of drug-likeness (QED) is 0.155. The Balaban J connectivity index is 0.000000149. The molecule has 16 nitrogen and oxygen atoms in total. The number of nitrogens with zero attached hydrogens (tertiary/aromatic N) is 10. The first-order valence-corrected chi connectivity index (χ1v) is 18.4. The van der Waals surface area contributed by atoms with Gasteiger partial charge in [-0.15, -0.1) is 20.4 Å². The van der Waals surface area contributed by atoms with Gasteiger partial charge in [0.25, 0.3) is 0 Å². The van der Waals surface area contributed by atoms with Gasteiger partial charge in [0.2, 0.25) is 5.89 Å². The standard InChI is InChI=1S/C18H21N7O2.C18H23N5O2/c1-2-11-5-10(7-16-21-14(9-26)24-27-16)6-12(11)18-23-22-15-8-20-17-13(25(15)18)3-4-19-17;1-3-12-7-11(9-16(24)25-4-2)8-13(12)18-22-21-15-10-20-17-14(23(15)18)5-6-19-17/h3-4,8,10-12,19,26H,2,5-7,9H2,1H3;5-6,10-13,19H,3-4,7-9H2,1-2H3/t10-,11+,12-;11-,12+,13-/m00/s1. The zero-order chi connectivity index (χ0) is 35.8. The lowest BCUT2D eigenvalue weighted by molar-refractivity contribution is -0.144. The van der Waals surface area contributed by atoms with Gasteiger partial charge in [-0.1, -0.05) is 31.8 Å². The smallest absolute Gasteiger partial charge is 0.306 e. The normalized spacial score (nSPS) is 23.2. The lowest BCUT2D eigenvalue weighted by Crippen LogP contribution is -2.10. The van der Waals surface area contributed by atoms with Crippen LogP contribution in [0.5, 0.6) is 0 Å². The Labute approximate surface area is 298 Å². The van der Waals surface area contributed by atoms with E-state index < -0.39 is 0 Å². The van der Waals surface area contributed by atoms with Crippen LogP contribution < -0.4 is 0 Å². The summed E-state index contributed by atoms with van der Waals surface area (Å²) >= 11 is 0. The van der Waals surface area contributed by atoms with Crippen LogP contribution >= 0.6 is 0 Å². The molecular formula is C36H44N12O4. The van der Waals surface area contributed by atoms with Crippen molar-refractivity contribution in [2.75, 3.05) is 6.61 Å². The van der Waals surface area contributed by atoms with Crippen LogP contribution in [0.3, 0.4) is 0 Å². The maximum absolute atomic E-state index is 11.9. The zero-order valence-corrected chi connectivity index (χ0v) is 29.6. The van der Waals surface area contributed by atoms with Gasteiger partial charge in [0, 0.05) is 37.1 Å². The van der Waals surface area contributed by atoms with E-state index in [4.69, 9.17) is 14.4 Å². The van der Waals surface area contributed by atoms with Crippen molar-refractivity contribution in [3.8, 4) is 0 Å². The minimum atomic E-state index is -0.194. The number of fused-ring (bicyclic) bond motifs is 6. The molecule has 2 fully saturated rings. The van der Waals surface area contributed by atoms with E-state index in [0.29, 0.717) is 60.3 Å². The first kappa shape index (κ1) is 33.9. The second-order valence-corrected chi connectivity index (χ2v) is 14.1. The number of aliphatic hydroxyl groups is 1. The Morgan fingerprint density at radius 1 is 0.846 bits per heavy atom. The Morgan fingerprint density at radius 3 is 1.96 bits per heavy atom. The fourth-order valence-electron chi connectivity index (χ4n) is 8.76. The SMILES string of the molecule is CCOC(=O)C[C@H]1C[C@@H](CC)[C@@H](c2nnc3cnc4[nH]ccc4n23)C1.CC[C@@H]1C[C@H](Cc2nc(CO)no2)C[C@@H]1c1nnc2cnc3[nH]ccc3n12. The number of rotatable bonds is 10. The molecule has 7 heterocycles. The summed E-state index contributed by atoms with van der Waals surface area (Å²) in [5, 5.41) is 30.6. The monoisotopic (exact) mass is 708 g/mol. The largest absolute Gasteiger partial charge is 0.466 e. The Kier molecular flexibility index (Phi) is 9.38. The second-order valence-electron chi connectivity index (χ2n) is 14.1. The molecular weight excluding hydrogens is 664 g/mol. The molecule has 272 valence electrons. The number of aromatic amines is 2. The van der Waals surface area contributed by atoms with Crippen molar-refractivity contribution in [1.29, 1.82) is 0 Å². The Hall–Kier alpha value is -5.25. The van der Waals surface area contributed by atoms with Crippen LogP contribution in [0.15, 0.2) is 41.4 Å². The van der Waals surface area contributed by atoms with Crippen molar-refractivity contribution in [3.63, 3.8) is 0 Å². The molecule has 9 rings (SSSR count). The van der Waals surface area contributed by atoms with E-state index in [0.717, 1.165) is 90.2 Å². The number of ether oxygens (including phenoxy) is 1. The first-order chi connectivity index (χ1) is 25.5. The Morgan fingerprint density at radius 2 is 1.42 bits per heavy atom. The molecule has 2 saturated carbocycles. The third kappa shape index (κ3) is 6.28. The van der Waals surface area contributed by atoms with Crippen LogP contribution in [0.2, 0.25) is 0 Å². The van der Waals surface area contributed by atoms with Gasteiger partial charge in [-0.3, -0.25) is 13.6 Å². The highest BCUT2D eigenvalue weighted by Crippen LogP contribution is 2.47. The summed E-state index contributed by atoms with van der Waals surface area (Å²) in [5.74, 6) is 5.32. The molecule has 0 bridgehead atoms. The van der Waals surface area contributed by atoms with Gasteiger partial charge >= 0.3 is 5.97 Å². The summed E-state index contributed by atoms with van der Waals surface area (Å²) in [6, 6.07) is 4.03. The molecule has 2 aliphatic rings. The molecule has 0 aromatic carbocycles. The summed E-state index contributed by atoms with van der Waals surface area (Å²) in [5.41, 5.74) is 5.23. The predicted octanol–water partition coefficient (Wildman–Crippen LogP) is 5.32. The fraction of sp³-hybridized carbons (Fsp3) is 0.528. The molecule has 0 radical (unpaired) electrons. The number of aliphatic hydroxyl groups excluding tert-OH is 1. The molecule has 3 N–H and O–H groups in total. The number of esters is 1. The minimum absolute atomic E-state index is 0.0914. The summed E-state index contributed by atoms with van der Waals surface area (Å²) in [4.78, 5) is 31.2. The summed E-state index contributed by atoms with van der Waals surface area (Å²) in [7, 11) is 0. The molecule has 7 aromatic rings. The molecule has 6 atom stereocenters. The lowest BCUT2D eigenvalue weighted by atomic mass is 9.93. The average Bonchev–Trinajstić information content (AvgIpc) is 4.00. The molecule has 0 spiro atoms. The van der Waals surface area contributed by atoms with Crippen molar-refractivity contribution in [3.05, 3.63) is 60.3 Å². The van der Waals surface area contributed by atoms with Gasteiger partial charge in [0.1, 0.15) is 18.3 Å². The molecule has 0 saturated heterocycles. The number of carbonyl (C=O) groups is 1. The highest BCUT2D eigenvalue weighted by molar-refractivity contribution is 5.75. The summed E-state index contributed by atoms with van der Waals surface area (Å²) in [6.45, 7) is 6.54. The van der Waals surface area contributed by atoms with Gasteiger partial charge in [0.05, 0.1) is 30.0 Å². The molecule has 52 heavy (non-hydrogen) atoms. The van der Waals surface area contributed by atoms with E-state index in [1.165, 1.54) is 0 Å². The number of hydrogen-bond acceptors (Lipinski definition) is 12. The van der Waals surface area contributed by atoms with Gasteiger partial charge in [-0.2, -0.15) is 4.98 Å². The van der Waals surface area contributed by atoms with Gasteiger partial charge in [-0.25, -0.2) is 9.97 Å². The second kappa shape index (κ2) is 14.4. The van der Waals surface area contributed by atoms with Crippen LogP contribution in [0.1, 0.15) is 101 Å². The maximum atomic E-state index is 11.9. The van der Waals surface area contributed by atoms with E-state index in [-0.39, 0.29) is 12.6 Å². The molecule has 0 unspecified atom stereocenters. The topological polar surface area (TPSA) is 203 Å². The van der Waals surface area contributed by atoms with Crippen molar-refractivity contribution in [1.82, 2.24) is 59.3 Å². The van der Waals surface area contributed by atoms with Gasteiger partial charge < -0.3 is 24.3 Å². The molecule has 7 aromatic heterocycles. The Bertz CT molecular complexity index is 2300. The van der Waals surface area contributed by atoms with E-state index in [2.05, 4.69) is 73.1 Å². The molecule has 2 aliphatic carbocycles. The number of aromatic nitrogens is 12. The first-order valence-electron chi connectivity index (χ1n) is 18.4. The third-order valence-corrected chi connectivity index (χ3v) is 11.1. The van der Waals surface area contributed by atoms with Crippen LogP contribution in [-0.4, -0.2) is 77.0 Å². The van der Waals surface area contributed by atoms with E-state index in [1.807, 2.05) is 31.5 Å². The lowest BCUT2D eigenvalue weighted by Gasteiger charge is -2.16. The van der Waals surface area contributed by atoms with Crippen LogP contribution in [0.4, 0.5) is 0 Å². The highest BCUT2D eigenvalue weighted by Gasteiger charge is 2.39. The molecule has 0 amide bonds. The van der Waals surface area contributed by atoms with E-state index in [1.54, 1.807) is 12.4 Å². The highest BCUT2D eigenvalue weighted by atomic mass is 16.5. The van der Waals surface area contributed by atoms with Gasteiger partial charge in [-0.05, 0) is 68.4 Å². The fourth-order valence-corrected chi connectivity index (χ4v) is 8.76. The third-order valence-electron chi connectivity index (χ3n) is 11.1. The predicted molar refractivity (Wildman–Crippen MR) is 189 cm³/mol. The van der Waals surface area contributed by atoms with Crippen LogP contribution in [0, 0.1) is 23.7 Å². The number of H-pyrrole nitrogens is 2. The molecule has 16 heteroatoms. The maximum Gasteiger partial charge on any atom is 0.306 e. The van der Waals surface area contributed by atoms with Crippen molar-refractivity contribution in [2.24, 2.45) is 23.7 Å².